The van der Waals surface area contributed by atoms with Gasteiger partial charge in [0.05, 0.1) is 29.5 Å². The van der Waals surface area contributed by atoms with E-state index in [0.717, 1.165) is 17.1 Å². The summed E-state index contributed by atoms with van der Waals surface area (Å²) in [6.45, 7) is 26.0. The third kappa shape index (κ3) is 9.71. The summed E-state index contributed by atoms with van der Waals surface area (Å²) in [6, 6.07) is 2.06. The maximum atomic E-state index is 4.34. The molecule has 0 fully saturated rings. The molecule has 0 unspecified atom stereocenters. The summed E-state index contributed by atoms with van der Waals surface area (Å²) in [5, 5.41) is 15.8. The molecule has 0 saturated heterocycles. The van der Waals surface area contributed by atoms with E-state index in [-0.39, 0.29) is 0 Å². The largest absolute Gasteiger partial charge is 0.258 e. The van der Waals surface area contributed by atoms with Gasteiger partial charge in [0.2, 0.25) is 0 Å². The summed E-state index contributed by atoms with van der Waals surface area (Å²) >= 11 is 0. The molecule has 6 heteroatoms. The van der Waals surface area contributed by atoms with E-state index in [1.54, 1.807) is 18.6 Å². The number of hydrogen-bond acceptors (Lipinski definition) is 6. The minimum absolute atomic E-state index is 0.469. The maximum absolute atomic E-state index is 4.34. The molecule has 0 radical (unpaired) electrons. The van der Waals surface area contributed by atoms with E-state index in [0.29, 0.717) is 35.5 Å². The minimum atomic E-state index is 0.469. The Labute approximate surface area is 219 Å². The highest BCUT2D eigenvalue weighted by atomic mass is 15.1. The molecule has 0 amide bonds. The average molecular weight is 493 g/mol. The van der Waals surface area contributed by atoms with Crippen LogP contribution in [0.5, 0.6) is 0 Å². The predicted octanol–water partition coefficient (Wildman–Crippen LogP) is 8.17. The van der Waals surface area contributed by atoms with Crippen LogP contribution < -0.4 is 0 Å². The lowest BCUT2D eigenvalue weighted by Gasteiger charge is -2.13. The highest BCUT2D eigenvalue weighted by molar-refractivity contribution is 5.26. The van der Waals surface area contributed by atoms with Gasteiger partial charge in [-0.1, -0.05) is 83.1 Å². The smallest absolute Gasteiger partial charge is 0.0690 e. The first-order chi connectivity index (χ1) is 16.9. The Morgan fingerprint density at radius 2 is 0.806 bits per heavy atom. The normalized spacial score (nSPS) is 11.2. The number of rotatable bonds is 6. The first-order valence-electron chi connectivity index (χ1n) is 13.3. The topological polar surface area (TPSA) is 77.3 Å². The Morgan fingerprint density at radius 3 is 1.11 bits per heavy atom. The molecule has 6 nitrogen and oxygen atoms in total. The second-order valence-electron chi connectivity index (χ2n) is 11.0. The third-order valence-corrected chi connectivity index (χ3v) is 5.84. The Kier molecular flexibility index (Phi) is 13.4. The van der Waals surface area contributed by atoms with Crippen LogP contribution in [0.1, 0.15) is 152 Å². The van der Waals surface area contributed by atoms with Gasteiger partial charge in [0.1, 0.15) is 0 Å². The van der Waals surface area contributed by atoms with E-state index < -0.39 is 0 Å². The molecule has 0 saturated carbocycles. The molecule has 3 heterocycles. The average Bonchev–Trinajstić information content (AvgIpc) is 2.84. The van der Waals surface area contributed by atoms with Crippen molar-refractivity contribution in [1.82, 2.24) is 30.4 Å². The lowest BCUT2D eigenvalue weighted by Crippen LogP contribution is -2.03. The van der Waals surface area contributed by atoms with Gasteiger partial charge in [-0.25, -0.2) is 0 Å². The van der Waals surface area contributed by atoms with Crippen molar-refractivity contribution in [3.05, 3.63) is 70.8 Å². The lowest BCUT2D eigenvalue weighted by atomic mass is 9.94. The molecule has 0 spiro atoms. The molecule has 36 heavy (non-hydrogen) atoms. The van der Waals surface area contributed by atoms with Crippen LogP contribution in [-0.2, 0) is 0 Å². The molecule has 3 aromatic rings. The van der Waals surface area contributed by atoms with Gasteiger partial charge < -0.3 is 0 Å². The van der Waals surface area contributed by atoms with Gasteiger partial charge in [0.15, 0.2) is 0 Å². The molecule has 3 aromatic heterocycles. The van der Waals surface area contributed by atoms with E-state index in [2.05, 4.69) is 120 Å². The molecule has 0 aliphatic heterocycles. The van der Waals surface area contributed by atoms with Crippen molar-refractivity contribution < 1.29 is 0 Å². The summed E-state index contributed by atoms with van der Waals surface area (Å²) in [4.78, 5) is 8.67. The van der Waals surface area contributed by atoms with Crippen LogP contribution >= 0.6 is 0 Å². The molecule has 0 aliphatic carbocycles. The van der Waals surface area contributed by atoms with Gasteiger partial charge in [-0.15, -0.1) is 0 Å². The molecule has 0 aromatic carbocycles. The summed E-state index contributed by atoms with van der Waals surface area (Å²) in [6.07, 6.45) is 9.05. The fourth-order valence-electron chi connectivity index (χ4n) is 3.84. The summed E-state index contributed by atoms with van der Waals surface area (Å²) in [5.74, 6) is 3.02. The van der Waals surface area contributed by atoms with E-state index in [1.165, 1.54) is 16.7 Å². The predicted molar refractivity (Wildman–Crippen MR) is 151 cm³/mol. The van der Waals surface area contributed by atoms with Crippen molar-refractivity contribution in [1.29, 1.82) is 0 Å². The molecular weight excluding hydrogens is 444 g/mol. The molecule has 0 N–H and O–H groups in total. The lowest BCUT2D eigenvalue weighted by molar-refractivity contribution is 0.726. The van der Waals surface area contributed by atoms with Gasteiger partial charge in [0, 0.05) is 18.6 Å². The summed E-state index contributed by atoms with van der Waals surface area (Å²) in [5.41, 5.74) is 7.35. The third-order valence-electron chi connectivity index (χ3n) is 5.84. The highest BCUT2D eigenvalue weighted by Gasteiger charge is 2.12. The molecule has 3 rings (SSSR count). The second kappa shape index (κ2) is 15.4. The first kappa shape index (κ1) is 31.3. The van der Waals surface area contributed by atoms with Crippen molar-refractivity contribution in [2.45, 2.75) is 119 Å². The van der Waals surface area contributed by atoms with Crippen LogP contribution in [0.4, 0.5) is 0 Å². The van der Waals surface area contributed by atoms with Crippen molar-refractivity contribution in [3.63, 3.8) is 0 Å². The van der Waals surface area contributed by atoms with E-state index >= 15 is 0 Å². The van der Waals surface area contributed by atoms with Crippen molar-refractivity contribution in [3.8, 4) is 0 Å². The Balaban J connectivity index is 0.000000270. The van der Waals surface area contributed by atoms with Crippen LogP contribution in [0.25, 0.3) is 0 Å². The fourth-order valence-corrected chi connectivity index (χ4v) is 3.84. The minimum Gasteiger partial charge on any atom is -0.258 e. The summed E-state index contributed by atoms with van der Waals surface area (Å²) < 4.78 is 0. The van der Waals surface area contributed by atoms with Crippen LogP contribution in [-0.4, -0.2) is 30.4 Å². The fraction of sp³-hybridized carbons (Fsp3) is 0.600. The quantitative estimate of drug-likeness (QED) is 0.345. The van der Waals surface area contributed by atoms with Gasteiger partial charge in [0.25, 0.3) is 0 Å². The molecular formula is C30H48N6. The number of aromatic nitrogens is 6. The van der Waals surface area contributed by atoms with Crippen molar-refractivity contribution in [2.24, 2.45) is 0 Å². The standard InChI is InChI=1S/3C10H16N2/c1-7(2)9-5-11-12-6-10(9)8(3)4;1-7(2)9-10(8(3)4)12-6-5-11-9;1-7(2)9-5-6-11-12-10(9)8(3)4/h3*5-8H,1-4H3. The SMILES string of the molecule is CC(C)c1ccnnc1C(C)C.CC(C)c1cnncc1C(C)C.CC(C)c1nccnc1C(C)C. The maximum Gasteiger partial charge on any atom is 0.0690 e. The Hall–Kier alpha value is -2.76. The van der Waals surface area contributed by atoms with Crippen molar-refractivity contribution >= 4 is 0 Å². The first-order valence-corrected chi connectivity index (χ1v) is 13.3. The van der Waals surface area contributed by atoms with Gasteiger partial charge >= 0.3 is 0 Å². The zero-order valence-corrected chi connectivity index (χ0v) is 24.6. The van der Waals surface area contributed by atoms with Crippen LogP contribution in [0.15, 0.2) is 37.1 Å². The van der Waals surface area contributed by atoms with Gasteiger partial charge in [-0.2, -0.15) is 20.4 Å². The van der Waals surface area contributed by atoms with Crippen LogP contribution in [0, 0.1) is 0 Å². The molecule has 0 aliphatic rings. The van der Waals surface area contributed by atoms with Crippen molar-refractivity contribution in [2.75, 3.05) is 0 Å². The molecule has 0 atom stereocenters. The zero-order valence-electron chi connectivity index (χ0n) is 24.6. The van der Waals surface area contributed by atoms with Crippen LogP contribution in [0.2, 0.25) is 0 Å². The van der Waals surface area contributed by atoms with E-state index in [9.17, 15) is 0 Å². The van der Waals surface area contributed by atoms with E-state index in [1.807, 2.05) is 12.4 Å². The Morgan fingerprint density at radius 1 is 0.417 bits per heavy atom. The number of nitrogens with zero attached hydrogens (tertiary/aromatic N) is 6. The van der Waals surface area contributed by atoms with Gasteiger partial charge in [-0.3, -0.25) is 9.97 Å². The number of hydrogen-bond donors (Lipinski definition) is 0. The molecule has 198 valence electrons. The van der Waals surface area contributed by atoms with Crippen LogP contribution in [0.3, 0.4) is 0 Å². The van der Waals surface area contributed by atoms with E-state index in [4.69, 9.17) is 0 Å². The Bertz CT molecular complexity index is 812. The zero-order chi connectivity index (χ0) is 27.4. The second-order valence-corrected chi connectivity index (χ2v) is 11.0. The highest BCUT2D eigenvalue weighted by Crippen LogP contribution is 2.24. The monoisotopic (exact) mass is 492 g/mol. The summed E-state index contributed by atoms with van der Waals surface area (Å²) in [7, 11) is 0. The molecule has 0 bridgehead atoms. The van der Waals surface area contributed by atoms with Gasteiger partial charge in [-0.05, 0) is 58.3 Å².